The number of methoxy groups -OCH3 is 1. The van der Waals surface area contributed by atoms with Crippen molar-refractivity contribution >= 4 is 0 Å². The van der Waals surface area contributed by atoms with E-state index in [4.69, 9.17) is 4.74 Å². The van der Waals surface area contributed by atoms with Crippen LogP contribution in [0.2, 0.25) is 0 Å². The summed E-state index contributed by atoms with van der Waals surface area (Å²) >= 11 is 0. The van der Waals surface area contributed by atoms with Crippen LogP contribution < -0.4 is 5.43 Å². The molecule has 0 aliphatic carbocycles. The minimum atomic E-state index is 0.530. The highest BCUT2D eigenvalue weighted by Gasteiger charge is 2.27. The van der Waals surface area contributed by atoms with E-state index in [9.17, 15) is 0 Å². The van der Waals surface area contributed by atoms with E-state index in [1.54, 1.807) is 7.11 Å². The monoisotopic (exact) mass is 290 g/mol. The molecule has 118 valence electrons. The second-order valence-electron chi connectivity index (χ2n) is 6.45. The predicted molar refractivity (Wildman–Crippen MR) is 88.1 cm³/mol. The Morgan fingerprint density at radius 3 is 2.71 bits per heavy atom. The Morgan fingerprint density at radius 2 is 2.05 bits per heavy atom. The van der Waals surface area contributed by atoms with Crippen molar-refractivity contribution < 1.29 is 4.74 Å². The first-order valence-corrected chi connectivity index (χ1v) is 8.26. The summed E-state index contributed by atoms with van der Waals surface area (Å²) < 4.78 is 5.35. The Labute approximate surface area is 129 Å². The Hall–Kier alpha value is -0.900. The third-order valence-electron chi connectivity index (χ3n) is 4.46. The van der Waals surface area contributed by atoms with Gasteiger partial charge in [-0.05, 0) is 37.2 Å². The van der Waals surface area contributed by atoms with Gasteiger partial charge in [-0.1, -0.05) is 44.2 Å². The van der Waals surface area contributed by atoms with Gasteiger partial charge in [0, 0.05) is 25.7 Å². The highest BCUT2D eigenvalue weighted by molar-refractivity contribution is 5.14. The molecule has 1 saturated heterocycles. The van der Waals surface area contributed by atoms with Crippen molar-refractivity contribution in [3.05, 3.63) is 35.9 Å². The summed E-state index contributed by atoms with van der Waals surface area (Å²) in [6, 6.07) is 11.9. The lowest BCUT2D eigenvalue weighted by molar-refractivity contribution is 0.0617. The van der Waals surface area contributed by atoms with Crippen LogP contribution in [0.4, 0.5) is 0 Å². The number of hydrazine groups is 1. The molecule has 3 nitrogen and oxygen atoms in total. The summed E-state index contributed by atoms with van der Waals surface area (Å²) in [6.45, 7) is 6.59. The molecule has 1 heterocycles. The van der Waals surface area contributed by atoms with Crippen LogP contribution in [0.1, 0.15) is 38.7 Å². The molecule has 1 N–H and O–H groups in total. The summed E-state index contributed by atoms with van der Waals surface area (Å²) in [5.74, 6) is 0.637. The lowest BCUT2D eigenvalue weighted by atomic mass is 9.97. The minimum absolute atomic E-state index is 0.530. The fourth-order valence-corrected chi connectivity index (χ4v) is 3.10. The molecule has 1 fully saturated rings. The molecule has 1 aromatic rings. The number of hydrogen-bond acceptors (Lipinski definition) is 3. The van der Waals surface area contributed by atoms with Crippen LogP contribution in [-0.4, -0.2) is 37.4 Å². The molecule has 0 unspecified atom stereocenters. The van der Waals surface area contributed by atoms with Crippen LogP contribution in [-0.2, 0) is 11.2 Å². The number of rotatable bonds is 8. The number of benzene rings is 1. The van der Waals surface area contributed by atoms with Gasteiger partial charge >= 0.3 is 0 Å². The van der Waals surface area contributed by atoms with Gasteiger partial charge in [0.05, 0.1) is 6.61 Å². The number of nitrogens with one attached hydrogen (secondary N) is 1. The topological polar surface area (TPSA) is 24.5 Å². The number of nitrogens with zero attached hydrogens (tertiary/aromatic N) is 1. The molecule has 0 radical (unpaired) electrons. The third-order valence-corrected chi connectivity index (χ3v) is 4.46. The SMILES string of the molecule is COC[C@@H]1CCCN1N[C@H](CCc1ccccc1)C(C)C. The summed E-state index contributed by atoms with van der Waals surface area (Å²) in [7, 11) is 1.80. The van der Waals surface area contributed by atoms with Crippen molar-refractivity contribution in [1.29, 1.82) is 0 Å². The molecule has 0 amide bonds. The molecule has 1 aliphatic rings. The van der Waals surface area contributed by atoms with E-state index in [1.807, 2.05) is 0 Å². The van der Waals surface area contributed by atoms with Crippen LogP contribution in [0.3, 0.4) is 0 Å². The average molecular weight is 290 g/mol. The summed E-state index contributed by atoms with van der Waals surface area (Å²) in [6.07, 6.45) is 4.83. The van der Waals surface area contributed by atoms with Crippen molar-refractivity contribution in [2.75, 3.05) is 20.3 Å². The van der Waals surface area contributed by atoms with E-state index in [0.717, 1.165) is 19.6 Å². The van der Waals surface area contributed by atoms with Gasteiger partial charge in [0.1, 0.15) is 0 Å². The molecular formula is C18H30N2O. The van der Waals surface area contributed by atoms with Gasteiger partial charge in [-0.15, -0.1) is 0 Å². The zero-order valence-corrected chi connectivity index (χ0v) is 13.7. The molecule has 1 aromatic carbocycles. The highest BCUT2D eigenvalue weighted by Crippen LogP contribution is 2.18. The second-order valence-corrected chi connectivity index (χ2v) is 6.45. The maximum absolute atomic E-state index is 5.35. The van der Waals surface area contributed by atoms with Crippen LogP contribution >= 0.6 is 0 Å². The van der Waals surface area contributed by atoms with Crippen molar-refractivity contribution in [3.63, 3.8) is 0 Å². The van der Waals surface area contributed by atoms with E-state index in [2.05, 4.69) is 54.6 Å². The minimum Gasteiger partial charge on any atom is -0.383 e. The largest absolute Gasteiger partial charge is 0.383 e. The first-order valence-electron chi connectivity index (χ1n) is 8.26. The van der Waals surface area contributed by atoms with Crippen LogP contribution in [0.5, 0.6) is 0 Å². The van der Waals surface area contributed by atoms with Crippen molar-refractivity contribution in [3.8, 4) is 0 Å². The number of ether oxygens (including phenoxy) is 1. The summed E-state index contributed by atoms with van der Waals surface area (Å²) in [4.78, 5) is 0. The molecule has 0 aromatic heterocycles. The quantitative estimate of drug-likeness (QED) is 0.795. The summed E-state index contributed by atoms with van der Waals surface area (Å²) in [5, 5.41) is 2.42. The fourth-order valence-electron chi connectivity index (χ4n) is 3.10. The zero-order chi connectivity index (χ0) is 15.1. The molecule has 2 rings (SSSR count). The second kappa shape index (κ2) is 8.52. The Balaban J connectivity index is 1.87. The van der Waals surface area contributed by atoms with Gasteiger partial charge in [-0.25, -0.2) is 5.01 Å². The van der Waals surface area contributed by atoms with Crippen LogP contribution in [0, 0.1) is 5.92 Å². The Morgan fingerprint density at radius 1 is 1.29 bits per heavy atom. The van der Waals surface area contributed by atoms with Crippen molar-refractivity contribution in [2.45, 2.75) is 51.6 Å². The Kier molecular flexibility index (Phi) is 6.68. The molecule has 2 atom stereocenters. The molecule has 1 aliphatic heterocycles. The molecule has 3 heteroatoms. The zero-order valence-electron chi connectivity index (χ0n) is 13.7. The maximum Gasteiger partial charge on any atom is 0.0632 e. The van der Waals surface area contributed by atoms with Gasteiger partial charge in [0.2, 0.25) is 0 Å². The predicted octanol–water partition coefficient (Wildman–Crippen LogP) is 3.26. The van der Waals surface area contributed by atoms with E-state index < -0.39 is 0 Å². The number of aryl methyl sites for hydroxylation is 1. The fraction of sp³-hybridized carbons (Fsp3) is 0.667. The van der Waals surface area contributed by atoms with E-state index in [1.165, 1.54) is 24.8 Å². The number of hydrogen-bond donors (Lipinski definition) is 1. The van der Waals surface area contributed by atoms with Gasteiger partial charge in [0.15, 0.2) is 0 Å². The normalized spacial score (nSPS) is 21.0. The third kappa shape index (κ3) is 5.10. The van der Waals surface area contributed by atoms with Crippen LogP contribution in [0.25, 0.3) is 0 Å². The molecule has 21 heavy (non-hydrogen) atoms. The molecule has 0 saturated carbocycles. The lowest BCUT2D eigenvalue weighted by Crippen LogP contribution is -2.50. The first-order chi connectivity index (χ1) is 10.2. The Bertz CT molecular complexity index is 393. The smallest absolute Gasteiger partial charge is 0.0632 e. The molecule has 0 bridgehead atoms. The van der Waals surface area contributed by atoms with Crippen LogP contribution in [0.15, 0.2) is 30.3 Å². The van der Waals surface area contributed by atoms with E-state index >= 15 is 0 Å². The van der Waals surface area contributed by atoms with Gasteiger partial charge in [-0.3, -0.25) is 5.43 Å². The molecular weight excluding hydrogens is 260 g/mol. The van der Waals surface area contributed by atoms with Gasteiger partial charge < -0.3 is 4.74 Å². The maximum atomic E-state index is 5.35. The van der Waals surface area contributed by atoms with Crippen molar-refractivity contribution in [2.24, 2.45) is 5.92 Å². The van der Waals surface area contributed by atoms with Gasteiger partial charge in [0.25, 0.3) is 0 Å². The first kappa shape index (κ1) is 16.5. The van der Waals surface area contributed by atoms with E-state index in [-0.39, 0.29) is 0 Å². The van der Waals surface area contributed by atoms with Crippen molar-refractivity contribution in [1.82, 2.24) is 10.4 Å². The standard InChI is InChI=1S/C18H30N2O/c1-15(2)18(12-11-16-8-5-4-6-9-16)19-20-13-7-10-17(20)14-21-3/h4-6,8-9,15,17-19H,7,10-14H2,1-3H3/t17-,18+/m0/s1. The van der Waals surface area contributed by atoms with Gasteiger partial charge in [-0.2, -0.15) is 0 Å². The van der Waals surface area contributed by atoms with E-state index in [0.29, 0.717) is 18.0 Å². The molecule has 0 spiro atoms. The average Bonchev–Trinajstić information content (AvgIpc) is 2.92. The summed E-state index contributed by atoms with van der Waals surface area (Å²) in [5.41, 5.74) is 5.20. The lowest BCUT2D eigenvalue weighted by Gasteiger charge is -2.32. The highest BCUT2D eigenvalue weighted by atomic mass is 16.5.